The Morgan fingerprint density at radius 1 is 0.913 bits per heavy atom. The van der Waals surface area contributed by atoms with Crippen molar-refractivity contribution >= 4 is 48.2 Å². The quantitative estimate of drug-likeness (QED) is 0.174. The first kappa shape index (κ1) is 37.1. The van der Waals surface area contributed by atoms with Gasteiger partial charge < -0.3 is 16.0 Å². The summed E-state index contributed by atoms with van der Waals surface area (Å²) in [6, 6.07) is 33.9. The van der Waals surface area contributed by atoms with Gasteiger partial charge >= 0.3 is 0 Å². The summed E-state index contributed by atoms with van der Waals surface area (Å²) >= 11 is 6.50. The number of benzene rings is 4. The zero-order chi connectivity index (χ0) is 30.9. The lowest BCUT2D eigenvalue weighted by atomic mass is 9.93. The van der Waals surface area contributed by atoms with E-state index in [-0.39, 0.29) is 55.1 Å². The van der Waals surface area contributed by atoms with Gasteiger partial charge in [0.25, 0.3) is 5.91 Å². The van der Waals surface area contributed by atoms with Crippen molar-refractivity contribution in [2.75, 3.05) is 26.2 Å². The molecule has 0 aliphatic carbocycles. The zero-order valence-corrected chi connectivity index (χ0v) is 28.5. The lowest BCUT2D eigenvalue weighted by Crippen LogP contribution is -2.48. The molecule has 5 rings (SSSR count). The Labute approximate surface area is 290 Å². The van der Waals surface area contributed by atoms with Crippen LogP contribution in [0.4, 0.5) is 0 Å². The SMILES string of the molecule is CC(c1cccc(-c2ccccc2C(=O)NCCN)c1)N(C(=O)Cc1ccccc1Cl)C1CCN(Cc2ccccc2)CC1.Cl.Cl. The smallest absolute Gasteiger partial charge is 0.251 e. The molecular formula is C37H43Cl3N4O2. The van der Waals surface area contributed by atoms with Crippen LogP contribution in [0.3, 0.4) is 0 Å². The number of carbonyl (C=O) groups is 2. The van der Waals surface area contributed by atoms with Crippen LogP contribution in [0.5, 0.6) is 0 Å². The second kappa shape index (κ2) is 18.1. The van der Waals surface area contributed by atoms with Crippen LogP contribution in [0, 0.1) is 0 Å². The fourth-order valence-electron chi connectivity index (χ4n) is 6.17. The molecule has 4 aromatic carbocycles. The highest BCUT2D eigenvalue weighted by atomic mass is 35.5. The van der Waals surface area contributed by atoms with Crippen molar-refractivity contribution in [3.8, 4) is 11.1 Å². The molecular weight excluding hydrogens is 639 g/mol. The van der Waals surface area contributed by atoms with Gasteiger partial charge in [0.2, 0.25) is 5.91 Å². The molecule has 1 heterocycles. The van der Waals surface area contributed by atoms with Crippen molar-refractivity contribution in [2.45, 2.75) is 44.8 Å². The molecule has 0 bridgehead atoms. The molecule has 1 fully saturated rings. The molecule has 46 heavy (non-hydrogen) atoms. The van der Waals surface area contributed by atoms with Gasteiger partial charge in [-0.3, -0.25) is 14.5 Å². The number of nitrogens with one attached hydrogen (secondary N) is 1. The van der Waals surface area contributed by atoms with Gasteiger partial charge in [0.15, 0.2) is 0 Å². The van der Waals surface area contributed by atoms with Gasteiger partial charge in [-0.15, -0.1) is 24.8 Å². The molecule has 0 radical (unpaired) electrons. The summed E-state index contributed by atoms with van der Waals surface area (Å²) in [7, 11) is 0. The molecule has 1 aliphatic heterocycles. The van der Waals surface area contributed by atoms with E-state index >= 15 is 0 Å². The largest absolute Gasteiger partial charge is 0.351 e. The Balaban J connectivity index is 0.00000288. The molecule has 0 saturated carbocycles. The number of hydrogen-bond acceptors (Lipinski definition) is 4. The molecule has 6 nitrogen and oxygen atoms in total. The van der Waals surface area contributed by atoms with Crippen molar-refractivity contribution in [2.24, 2.45) is 5.73 Å². The number of likely N-dealkylation sites (tertiary alicyclic amines) is 1. The number of nitrogens with zero attached hydrogens (tertiary/aromatic N) is 2. The van der Waals surface area contributed by atoms with Crippen molar-refractivity contribution in [3.63, 3.8) is 0 Å². The second-order valence-corrected chi connectivity index (χ2v) is 11.9. The summed E-state index contributed by atoms with van der Waals surface area (Å²) in [4.78, 5) is 31.6. The fraction of sp³-hybridized carbons (Fsp3) is 0.297. The molecule has 9 heteroatoms. The summed E-state index contributed by atoms with van der Waals surface area (Å²) < 4.78 is 0. The minimum atomic E-state index is -0.172. The van der Waals surface area contributed by atoms with Gasteiger partial charge in [-0.25, -0.2) is 0 Å². The molecule has 1 saturated heterocycles. The van der Waals surface area contributed by atoms with Crippen LogP contribution in [-0.2, 0) is 17.8 Å². The minimum Gasteiger partial charge on any atom is -0.351 e. The summed E-state index contributed by atoms with van der Waals surface area (Å²) in [5.74, 6) is -0.0811. The van der Waals surface area contributed by atoms with Gasteiger partial charge in [-0.2, -0.15) is 0 Å². The molecule has 0 aromatic heterocycles. The van der Waals surface area contributed by atoms with Crippen LogP contribution in [0.25, 0.3) is 11.1 Å². The van der Waals surface area contributed by atoms with E-state index in [9.17, 15) is 9.59 Å². The first-order valence-electron chi connectivity index (χ1n) is 15.4. The van der Waals surface area contributed by atoms with E-state index in [1.165, 1.54) is 5.56 Å². The third-order valence-electron chi connectivity index (χ3n) is 8.49. The topological polar surface area (TPSA) is 78.7 Å². The van der Waals surface area contributed by atoms with Gasteiger partial charge in [0.1, 0.15) is 0 Å². The summed E-state index contributed by atoms with van der Waals surface area (Å²) in [5.41, 5.74) is 11.2. The molecule has 2 amide bonds. The van der Waals surface area contributed by atoms with Crippen LogP contribution in [-0.4, -0.2) is 53.8 Å². The normalized spacial score (nSPS) is 14.0. The first-order chi connectivity index (χ1) is 21.4. The Morgan fingerprint density at radius 2 is 1.59 bits per heavy atom. The number of hydrogen-bond donors (Lipinski definition) is 2. The van der Waals surface area contributed by atoms with E-state index < -0.39 is 0 Å². The number of nitrogens with two attached hydrogens (primary N) is 1. The third kappa shape index (κ3) is 9.34. The summed E-state index contributed by atoms with van der Waals surface area (Å²) in [6.07, 6.45) is 2.04. The third-order valence-corrected chi connectivity index (χ3v) is 8.85. The summed E-state index contributed by atoms with van der Waals surface area (Å²) in [6.45, 7) is 5.67. The molecule has 1 unspecified atom stereocenters. The lowest BCUT2D eigenvalue weighted by Gasteiger charge is -2.42. The van der Waals surface area contributed by atoms with Crippen LogP contribution in [0.2, 0.25) is 5.02 Å². The number of amides is 2. The van der Waals surface area contributed by atoms with Crippen LogP contribution >= 0.6 is 36.4 Å². The molecule has 3 N–H and O–H groups in total. The number of rotatable bonds is 11. The van der Waals surface area contributed by atoms with E-state index in [0.29, 0.717) is 23.7 Å². The van der Waals surface area contributed by atoms with Gasteiger partial charge in [-0.05, 0) is 65.8 Å². The standard InChI is InChI=1S/C37H41ClN4O2.2ClH/c1-27(29-13-9-14-30(24-29)33-15-6-7-16-34(33)37(44)40-21-20-39)42(36(43)25-31-12-5-8-17-35(31)38)32-18-22-41(23-19-32)26-28-10-3-2-4-11-28;;/h2-17,24,27,32H,18-23,25-26,39H2,1H3,(H,40,44);2*1H. The predicted molar refractivity (Wildman–Crippen MR) is 193 cm³/mol. The maximum absolute atomic E-state index is 14.1. The highest BCUT2D eigenvalue weighted by Gasteiger charge is 2.32. The highest BCUT2D eigenvalue weighted by molar-refractivity contribution is 6.31. The van der Waals surface area contributed by atoms with E-state index in [1.54, 1.807) is 0 Å². The molecule has 1 aliphatic rings. The predicted octanol–water partition coefficient (Wildman–Crippen LogP) is 7.34. The Morgan fingerprint density at radius 3 is 2.30 bits per heavy atom. The molecule has 1 atom stereocenters. The average molecular weight is 682 g/mol. The second-order valence-electron chi connectivity index (χ2n) is 11.5. The van der Waals surface area contributed by atoms with Crippen LogP contribution < -0.4 is 11.1 Å². The first-order valence-corrected chi connectivity index (χ1v) is 15.8. The number of carbonyl (C=O) groups excluding carboxylic acids is 2. The van der Waals surface area contributed by atoms with Gasteiger partial charge in [-0.1, -0.05) is 96.5 Å². The number of piperidine rings is 1. The van der Waals surface area contributed by atoms with Gasteiger partial charge in [0, 0.05) is 49.4 Å². The van der Waals surface area contributed by atoms with E-state index in [4.69, 9.17) is 17.3 Å². The zero-order valence-electron chi connectivity index (χ0n) is 26.1. The maximum atomic E-state index is 14.1. The van der Waals surface area contributed by atoms with Crippen molar-refractivity contribution in [3.05, 3.63) is 130 Å². The molecule has 244 valence electrons. The lowest BCUT2D eigenvalue weighted by molar-refractivity contribution is -0.136. The molecule has 4 aromatic rings. The monoisotopic (exact) mass is 680 g/mol. The highest BCUT2D eigenvalue weighted by Crippen LogP contribution is 2.33. The minimum absolute atomic E-state index is 0. The maximum Gasteiger partial charge on any atom is 0.251 e. The van der Waals surface area contributed by atoms with Crippen LogP contribution in [0.1, 0.15) is 52.9 Å². The summed E-state index contributed by atoms with van der Waals surface area (Å²) in [5, 5.41) is 3.50. The Kier molecular flexibility index (Phi) is 14.6. The van der Waals surface area contributed by atoms with Gasteiger partial charge in [0.05, 0.1) is 12.5 Å². The van der Waals surface area contributed by atoms with E-state index in [1.807, 2.05) is 66.7 Å². The average Bonchev–Trinajstić information content (AvgIpc) is 3.06. The Hall–Kier alpha value is -3.39. The van der Waals surface area contributed by atoms with Crippen molar-refractivity contribution < 1.29 is 9.59 Å². The number of halogens is 3. The van der Waals surface area contributed by atoms with Crippen molar-refractivity contribution in [1.29, 1.82) is 0 Å². The van der Waals surface area contributed by atoms with E-state index in [0.717, 1.165) is 54.7 Å². The Bertz CT molecular complexity index is 1560. The van der Waals surface area contributed by atoms with Crippen molar-refractivity contribution in [1.82, 2.24) is 15.1 Å². The fourth-order valence-corrected chi connectivity index (χ4v) is 6.37. The van der Waals surface area contributed by atoms with Crippen LogP contribution in [0.15, 0.2) is 103 Å². The molecule has 0 spiro atoms. The van der Waals surface area contributed by atoms with E-state index in [2.05, 4.69) is 58.4 Å².